The Hall–Kier alpha value is -0.830. The molecule has 74 valence electrons. The highest BCUT2D eigenvalue weighted by Gasteiger charge is 2.15. The second kappa shape index (κ2) is 5.02. The van der Waals surface area contributed by atoms with E-state index in [-0.39, 0.29) is 5.97 Å². The molecule has 0 aliphatic carbocycles. The summed E-state index contributed by atoms with van der Waals surface area (Å²) in [4.78, 5) is 11.1. The highest BCUT2D eigenvalue weighted by molar-refractivity contribution is 5.82. The molecule has 0 bridgehead atoms. The van der Waals surface area contributed by atoms with E-state index in [0.29, 0.717) is 19.1 Å². The van der Waals surface area contributed by atoms with Crippen LogP contribution in [0.1, 0.15) is 20.3 Å². The molecule has 1 atom stereocenters. The van der Waals surface area contributed by atoms with E-state index < -0.39 is 0 Å². The second-order valence-electron chi connectivity index (χ2n) is 3.20. The van der Waals surface area contributed by atoms with Crippen molar-refractivity contribution in [3.8, 4) is 0 Å². The summed E-state index contributed by atoms with van der Waals surface area (Å²) in [6.45, 7) is 5.74. The lowest BCUT2D eigenvalue weighted by atomic mass is 9.97. The summed E-state index contributed by atoms with van der Waals surface area (Å²) in [6, 6.07) is 0. The van der Waals surface area contributed by atoms with Crippen LogP contribution in [0.5, 0.6) is 0 Å². The molecule has 3 nitrogen and oxygen atoms in total. The standard InChI is InChI=1S/C10H16O3/c1-3-13-10(11)6-9-4-5-12-7-8(9)2/h6,8H,3-5,7H2,1-2H3/b9-6+. The van der Waals surface area contributed by atoms with Gasteiger partial charge in [0, 0.05) is 12.0 Å². The Bertz CT molecular complexity index is 208. The van der Waals surface area contributed by atoms with Crippen LogP contribution in [0.25, 0.3) is 0 Å². The molecule has 1 fully saturated rings. The fourth-order valence-corrected chi connectivity index (χ4v) is 1.35. The van der Waals surface area contributed by atoms with Crippen LogP contribution in [0.15, 0.2) is 11.6 Å². The Balaban J connectivity index is 2.52. The molecule has 0 saturated carbocycles. The first-order valence-electron chi connectivity index (χ1n) is 4.69. The summed E-state index contributed by atoms with van der Waals surface area (Å²) in [5, 5.41) is 0. The first-order valence-corrected chi connectivity index (χ1v) is 4.69. The molecule has 0 spiro atoms. The molecule has 1 saturated heterocycles. The molecule has 1 heterocycles. The van der Waals surface area contributed by atoms with Crippen LogP contribution >= 0.6 is 0 Å². The molecule has 13 heavy (non-hydrogen) atoms. The zero-order chi connectivity index (χ0) is 9.68. The van der Waals surface area contributed by atoms with Crippen LogP contribution in [0.3, 0.4) is 0 Å². The minimum absolute atomic E-state index is 0.230. The van der Waals surface area contributed by atoms with Crippen LogP contribution < -0.4 is 0 Å². The molecule has 0 amide bonds. The molecule has 1 aliphatic rings. The van der Waals surface area contributed by atoms with Gasteiger partial charge in [0.1, 0.15) is 0 Å². The van der Waals surface area contributed by atoms with E-state index in [1.165, 1.54) is 0 Å². The van der Waals surface area contributed by atoms with Gasteiger partial charge in [0.2, 0.25) is 0 Å². The number of ether oxygens (including phenoxy) is 2. The third-order valence-electron chi connectivity index (χ3n) is 2.13. The smallest absolute Gasteiger partial charge is 0.330 e. The summed E-state index contributed by atoms with van der Waals surface area (Å²) < 4.78 is 10.1. The predicted octanol–water partition coefficient (Wildman–Crippen LogP) is 1.53. The zero-order valence-electron chi connectivity index (χ0n) is 8.21. The van der Waals surface area contributed by atoms with Crippen LogP contribution in [0.2, 0.25) is 0 Å². The SMILES string of the molecule is CCOC(=O)/C=C1\CCOCC1C. The highest BCUT2D eigenvalue weighted by atomic mass is 16.5. The van der Waals surface area contributed by atoms with E-state index in [0.717, 1.165) is 18.6 Å². The molecule has 0 aromatic rings. The van der Waals surface area contributed by atoms with Gasteiger partial charge < -0.3 is 9.47 Å². The van der Waals surface area contributed by atoms with Crippen molar-refractivity contribution in [2.75, 3.05) is 19.8 Å². The lowest BCUT2D eigenvalue weighted by Gasteiger charge is -2.21. The summed E-state index contributed by atoms with van der Waals surface area (Å²) in [6.07, 6.45) is 2.46. The largest absolute Gasteiger partial charge is 0.463 e. The summed E-state index contributed by atoms with van der Waals surface area (Å²) in [5.41, 5.74) is 1.14. The molecule has 1 rings (SSSR count). The van der Waals surface area contributed by atoms with Gasteiger partial charge in [-0.15, -0.1) is 0 Å². The quantitative estimate of drug-likeness (QED) is 0.482. The van der Waals surface area contributed by atoms with Crippen molar-refractivity contribution in [3.63, 3.8) is 0 Å². The minimum Gasteiger partial charge on any atom is -0.463 e. The molecular formula is C10H16O3. The van der Waals surface area contributed by atoms with E-state index in [4.69, 9.17) is 9.47 Å². The van der Waals surface area contributed by atoms with Crippen molar-refractivity contribution in [3.05, 3.63) is 11.6 Å². The molecule has 0 radical (unpaired) electrons. The van der Waals surface area contributed by atoms with E-state index in [1.807, 2.05) is 6.92 Å². The summed E-state index contributed by atoms with van der Waals surface area (Å²) in [5.74, 6) is 0.115. The molecule has 0 N–H and O–H groups in total. The lowest BCUT2D eigenvalue weighted by molar-refractivity contribution is -0.137. The molecular weight excluding hydrogens is 168 g/mol. The van der Waals surface area contributed by atoms with E-state index in [2.05, 4.69) is 6.92 Å². The van der Waals surface area contributed by atoms with Gasteiger partial charge in [-0.25, -0.2) is 4.79 Å². The van der Waals surface area contributed by atoms with Gasteiger partial charge >= 0.3 is 5.97 Å². The van der Waals surface area contributed by atoms with E-state index in [1.54, 1.807) is 6.08 Å². The molecule has 0 aromatic carbocycles. The van der Waals surface area contributed by atoms with Crippen LogP contribution in [-0.2, 0) is 14.3 Å². The maximum absolute atomic E-state index is 11.1. The summed E-state index contributed by atoms with van der Waals surface area (Å²) >= 11 is 0. The normalized spacial score (nSPS) is 26.0. The monoisotopic (exact) mass is 184 g/mol. The fraction of sp³-hybridized carbons (Fsp3) is 0.700. The average molecular weight is 184 g/mol. The number of esters is 1. The second-order valence-corrected chi connectivity index (χ2v) is 3.20. The molecule has 1 aliphatic heterocycles. The lowest BCUT2D eigenvalue weighted by Crippen LogP contribution is -2.18. The Morgan fingerprint density at radius 2 is 2.54 bits per heavy atom. The van der Waals surface area contributed by atoms with Gasteiger partial charge in [0.15, 0.2) is 0 Å². The average Bonchev–Trinajstić information content (AvgIpc) is 2.09. The maximum atomic E-state index is 11.1. The fourth-order valence-electron chi connectivity index (χ4n) is 1.35. The first kappa shape index (κ1) is 10.3. The highest BCUT2D eigenvalue weighted by Crippen LogP contribution is 2.19. The van der Waals surface area contributed by atoms with Gasteiger partial charge in [-0.05, 0) is 13.3 Å². The number of rotatable bonds is 2. The van der Waals surface area contributed by atoms with Crippen molar-refractivity contribution in [2.24, 2.45) is 5.92 Å². The predicted molar refractivity (Wildman–Crippen MR) is 49.3 cm³/mol. The van der Waals surface area contributed by atoms with Gasteiger partial charge in [-0.2, -0.15) is 0 Å². The van der Waals surface area contributed by atoms with Crippen molar-refractivity contribution in [2.45, 2.75) is 20.3 Å². The topological polar surface area (TPSA) is 35.5 Å². The Kier molecular flexibility index (Phi) is 3.96. The van der Waals surface area contributed by atoms with Gasteiger partial charge in [0.25, 0.3) is 0 Å². The third kappa shape index (κ3) is 3.19. The van der Waals surface area contributed by atoms with E-state index >= 15 is 0 Å². The number of carbonyl (C=O) groups excluding carboxylic acids is 1. The van der Waals surface area contributed by atoms with Crippen molar-refractivity contribution < 1.29 is 14.3 Å². The molecule has 1 unspecified atom stereocenters. The number of carbonyl (C=O) groups is 1. The minimum atomic E-state index is -0.230. The maximum Gasteiger partial charge on any atom is 0.330 e. The molecule has 0 aromatic heterocycles. The number of hydrogen-bond acceptors (Lipinski definition) is 3. The first-order chi connectivity index (χ1) is 6.24. The van der Waals surface area contributed by atoms with Crippen LogP contribution in [0, 0.1) is 5.92 Å². The van der Waals surface area contributed by atoms with Gasteiger partial charge in [-0.3, -0.25) is 0 Å². The van der Waals surface area contributed by atoms with Gasteiger partial charge in [-0.1, -0.05) is 12.5 Å². The van der Waals surface area contributed by atoms with Crippen molar-refractivity contribution in [1.29, 1.82) is 0 Å². The van der Waals surface area contributed by atoms with Crippen LogP contribution in [0.4, 0.5) is 0 Å². The Labute approximate surface area is 78.7 Å². The Morgan fingerprint density at radius 1 is 1.77 bits per heavy atom. The van der Waals surface area contributed by atoms with Crippen molar-refractivity contribution >= 4 is 5.97 Å². The molecule has 3 heteroatoms. The van der Waals surface area contributed by atoms with E-state index in [9.17, 15) is 4.79 Å². The Morgan fingerprint density at radius 3 is 3.15 bits per heavy atom. The van der Waals surface area contributed by atoms with Crippen LogP contribution in [-0.4, -0.2) is 25.8 Å². The zero-order valence-corrected chi connectivity index (χ0v) is 8.21. The summed E-state index contributed by atoms with van der Waals surface area (Å²) in [7, 11) is 0. The van der Waals surface area contributed by atoms with Crippen molar-refractivity contribution in [1.82, 2.24) is 0 Å². The third-order valence-corrected chi connectivity index (χ3v) is 2.13. The van der Waals surface area contributed by atoms with Gasteiger partial charge in [0.05, 0.1) is 19.8 Å². The number of hydrogen-bond donors (Lipinski definition) is 0.